The average Bonchev–Trinajstić information content (AvgIpc) is 2.68. The maximum absolute atomic E-state index is 12.9. The maximum atomic E-state index is 12.9. The van der Waals surface area contributed by atoms with Crippen LogP contribution in [0.15, 0.2) is 84.9 Å². The zero-order valence-electron chi connectivity index (χ0n) is 14.2. The molecule has 126 valence electrons. The van der Waals surface area contributed by atoms with E-state index in [9.17, 15) is 4.79 Å². The van der Waals surface area contributed by atoms with Gasteiger partial charge < -0.3 is 10.1 Å². The maximum Gasteiger partial charge on any atom is 0.232 e. The van der Waals surface area contributed by atoms with Gasteiger partial charge in [0.1, 0.15) is 5.75 Å². The van der Waals surface area contributed by atoms with Gasteiger partial charge in [0.25, 0.3) is 0 Å². The topological polar surface area (TPSA) is 38.3 Å². The van der Waals surface area contributed by atoms with Crippen molar-refractivity contribution in [3.8, 4) is 5.75 Å². The van der Waals surface area contributed by atoms with Gasteiger partial charge in [-0.25, -0.2) is 0 Å². The highest BCUT2D eigenvalue weighted by Crippen LogP contribution is 2.25. The van der Waals surface area contributed by atoms with E-state index >= 15 is 0 Å². The monoisotopic (exact) mass is 331 g/mol. The minimum Gasteiger partial charge on any atom is -0.497 e. The van der Waals surface area contributed by atoms with E-state index in [1.807, 2.05) is 84.9 Å². The first-order valence-corrected chi connectivity index (χ1v) is 8.28. The van der Waals surface area contributed by atoms with Crippen LogP contribution in [-0.2, 0) is 11.3 Å². The lowest BCUT2D eigenvalue weighted by atomic mass is 9.90. The van der Waals surface area contributed by atoms with E-state index in [0.717, 1.165) is 22.4 Å². The Bertz CT molecular complexity index is 776. The molecule has 0 aliphatic carbocycles. The fourth-order valence-corrected chi connectivity index (χ4v) is 2.86. The number of rotatable bonds is 6. The summed E-state index contributed by atoms with van der Waals surface area (Å²) in [5, 5.41) is 3.05. The number of methoxy groups -OCH3 is 1. The number of carbonyl (C=O) groups is 1. The van der Waals surface area contributed by atoms with Crippen molar-refractivity contribution in [1.82, 2.24) is 5.32 Å². The van der Waals surface area contributed by atoms with E-state index in [1.165, 1.54) is 0 Å². The summed E-state index contributed by atoms with van der Waals surface area (Å²) in [5.41, 5.74) is 2.97. The minimum absolute atomic E-state index is 0.0137. The van der Waals surface area contributed by atoms with Crippen LogP contribution in [0.1, 0.15) is 22.6 Å². The Morgan fingerprint density at radius 1 is 0.880 bits per heavy atom. The highest BCUT2D eigenvalue weighted by Gasteiger charge is 2.22. The normalized spacial score (nSPS) is 10.5. The summed E-state index contributed by atoms with van der Waals surface area (Å²) in [7, 11) is 1.64. The van der Waals surface area contributed by atoms with E-state index in [0.29, 0.717) is 6.54 Å². The van der Waals surface area contributed by atoms with E-state index in [2.05, 4.69) is 5.32 Å². The second-order valence-electron chi connectivity index (χ2n) is 5.82. The lowest BCUT2D eigenvalue weighted by Crippen LogP contribution is -2.29. The number of benzene rings is 3. The van der Waals surface area contributed by atoms with Gasteiger partial charge >= 0.3 is 0 Å². The van der Waals surface area contributed by atoms with Crippen molar-refractivity contribution in [2.45, 2.75) is 12.5 Å². The Labute approximate surface area is 148 Å². The number of ether oxygens (including phenoxy) is 1. The predicted molar refractivity (Wildman–Crippen MR) is 99.6 cm³/mol. The van der Waals surface area contributed by atoms with Gasteiger partial charge in [0.05, 0.1) is 13.0 Å². The predicted octanol–water partition coefficient (Wildman–Crippen LogP) is 4.14. The average molecular weight is 331 g/mol. The second-order valence-corrected chi connectivity index (χ2v) is 5.82. The van der Waals surface area contributed by atoms with Gasteiger partial charge in [-0.2, -0.15) is 0 Å². The fraction of sp³-hybridized carbons (Fsp3) is 0.136. The number of hydrogen-bond donors (Lipinski definition) is 1. The molecular weight excluding hydrogens is 310 g/mol. The van der Waals surface area contributed by atoms with Crippen molar-refractivity contribution in [1.29, 1.82) is 0 Å². The van der Waals surface area contributed by atoms with Crippen LogP contribution in [0.5, 0.6) is 5.75 Å². The fourth-order valence-electron chi connectivity index (χ4n) is 2.86. The quantitative estimate of drug-likeness (QED) is 0.737. The van der Waals surface area contributed by atoms with E-state index in [1.54, 1.807) is 7.11 Å². The lowest BCUT2D eigenvalue weighted by Gasteiger charge is -2.18. The third kappa shape index (κ3) is 4.27. The molecule has 1 amide bonds. The van der Waals surface area contributed by atoms with Gasteiger partial charge in [-0.05, 0) is 28.8 Å². The zero-order chi connectivity index (χ0) is 17.5. The largest absolute Gasteiger partial charge is 0.497 e. The Kier molecular flexibility index (Phi) is 5.47. The zero-order valence-corrected chi connectivity index (χ0v) is 14.2. The van der Waals surface area contributed by atoms with Crippen molar-refractivity contribution in [2.75, 3.05) is 7.11 Å². The summed E-state index contributed by atoms with van der Waals surface area (Å²) in [6, 6.07) is 27.4. The molecule has 3 aromatic rings. The van der Waals surface area contributed by atoms with Crippen LogP contribution in [0.3, 0.4) is 0 Å². The van der Waals surface area contributed by atoms with Crippen molar-refractivity contribution in [3.63, 3.8) is 0 Å². The summed E-state index contributed by atoms with van der Waals surface area (Å²) in [6.45, 7) is 0.464. The summed E-state index contributed by atoms with van der Waals surface area (Å²) < 4.78 is 5.24. The van der Waals surface area contributed by atoms with E-state index in [4.69, 9.17) is 4.74 Å². The van der Waals surface area contributed by atoms with Crippen molar-refractivity contribution < 1.29 is 9.53 Å². The molecule has 25 heavy (non-hydrogen) atoms. The first-order chi connectivity index (χ1) is 12.3. The Morgan fingerprint density at radius 3 is 2.04 bits per heavy atom. The van der Waals surface area contributed by atoms with Crippen LogP contribution in [-0.4, -0.2) is 13.0 Å². The van der Waals surface area contributed by atoms with Gasteiger partial charge in [-0.3, -0.25) is 4.79 Å². The van der Waals surface area contributed by atoms with Crippen molar-refractivity contribution in [2.24, 2.45) is 0 Å². The molecule has 1 N–H and O–H groups in total. The molecule has 3 rings (SSSR count). The molecule has 0 aliphatic heterocycles. The van der Waals surface area contributed by atoms with Gasteiger partial charge in [-0.1, -0.05) is 72.8 Å². The molecule has 0 saturated carbocycles. The first-order valence-electron chi connectivity index (χ1n) is 8.28. The number of nitrogens with one attached hydrogen (secondary N) is 1. The molecule has 0 spiro atoms. The first kappa shape index (κ1) is 16.8. The lowest BCUT2D eigenvalue weighted by molar-refractivity contribution is -0.121. The van der Waals surface area contributed by atoms with Crippen LogP contribution in [0.2, 0.25) is 0 Å². The van der Waals surface area contributed by atoms with E-state index in [-0.39, 0.29) is 11.8 Å². The molecule has 3 heteroatoms. The number of amides is 1. The second kappa shape index (κ2) is 8.15. The van der Waals surface area contributed by atoms with Crippen LogP contribution in [0.25, 0.3) is 0 Å². The minimum atomic E-state index is -0.326. The Morgan fingerprint density at radius 2 is 1.48 bits per heavy atom. The molecule has 3 aromatic carbocycles. The number of carbonyl (C=O) groups excluding carboxylic acids is 1. The van der Waals surface area contributed by atoms with Gasteiger partial charge in [0, 0.05) is 6.54 Å². The van der Waals surface area contributed by atoms with Gasteiger partial charge in [0.15, 0.2) is 0 Å². The molecule has 0 unspecified atom stereocenters. The summed E-state index contributed by atoms with van der Waals surface area (Å²) in [4.78, 5) is 12.9. The van der Waals surface area contributed by atoms with Crippen LogP contribution in [0.4, 0.5) is 0 Å². The van der Waals surface area contributed by atoms with Crippen molar-refractivity contribution >= 4 is 5.91 Å². The summed E-state index contributed by atoms with van der Waals surface area (Å²) in [5.74, 6) is 0.447. The molecule has 0 fully saturated rings. The molecule has 0 aromatic heterocycles. The van der Waals surface area contributed by atoms with Crippen molar-refractivity contribution in [3.05, 3.63) is 102 Å². The van der Waals surface area contributed by atoms with Crippen LogP contribution in [0, 0.1) is 0 Å². The van der Waals surface area contributed by atoms with E-state index < -0.39 is 0 Å². The van der Waals surface area contributed by atoms with Gasteiger partial charge in [0.2, 0.25) is 5.91 Å². The third-order valence-electron chi connectivity index (χ3n) is 4.13. The molecule has 0 radical (unpaired) electrons. The molecule has 0 atom stereocenters. The highest BCUT2D eigenvalue weighted by atomic mass is 16.5. The molecular formula is C22H21NO2. The third-order valence-corrected chi connectivity index (χ3v) is 4.13. The molecule has 0 heterocycles. The highest BCUT2D eigenvalue weighted by molar-refractivity contribution is 5.87. The molecule has 0 saturated heterocycles. The smallest absolute Gasteiger partial charge is 0.232 e. The van der Waals surface area contributed by atoms with Crippen LogP contribution >= 0.6 is 0 Å². The standard InChI is InChI=1S/C22H21NO2/c1-25-20-14-8-9-17(15-20)16-23-22(24)21(18-10-4-2-5-11-18)19-12-6-3-7-13-19/h2-15,21H,16H2,1H3,(H,23,24). The molecule has 3 nitrogen and oxygen atoms in total. The number of hydrogen-bond acceptors (Lipinski definition) is 2. The molecule has 0 bridgehead atoms. The summed E-state index contributed by atoms with van der Waals surface area (Å²) >= 11 is 0. The molecule has 0 aliphatic rings. The Hall–Kier alpha value is -3.07. The van der Waals surface area contributed by atoms with Gasteiger partial charge in [-0.15, -0.1) is 0 Å². The Balaban J connectivity index is 1.80. The van der Waals surface area contributed by atoms with Crippen LogP contribution < -0.4 is 10.1 Å². The summed E-state index contributed by atoms with van der Waals surface area (Å²) in [6.07, 6.45) is 0. The SMILES string of the molecule is COc1cccc(CNC(=O)C(c2ccccc2)c2ccccc2)c1.